The SMILES string of the molecule is COc1ccc(Cl)cc1CS(=O)c1ccccc1C(=O)O. The zero-order valence-electron chi connectivity index (χ0n) is 11.2. The zero-order valence-corrected chi connectivity index (χ0v) is 12.8. The third-order valence-corrected chi connectivity index (χ3v) is 4.55. The Morgan fingerprint density at radius 2 is 2.00 bits per heavy atom. The van der Waals surface area contributed by atoms with Gasteiger partial charge in [0.05, 0.1) is 34.1 Å². The van der Waals surface area contributed by atoms with Gasteiger partial charge in [0.1, 0.15) is 5.75 Å². The highest BCUT2D eigenvalue weighted by molar-refractivity contribution is 7.84. The van der Waals surface area contributed by atoms with E-state index in [0.29, 0.717) is 16.3 Å². The Morgan fingerprint density at radius 1 is 1.29 bits per heavy atom. The summed E-state index contributed by atoms with van der Waals surface area (Å²) in [7, 11) is 0.00859. The van der Waals surface area contributed by atoms with E-state index in [1.165, 1.54) is 13.2 Å². The summed E-state index contributed by atoms with van der Waals surface area (Å²) in [6.07, 6.45) is 0. The average molecular weight is 325 g/mol. The van der Waals surface area contributed by atoms with Crippen molar-refractivity contribution < 1.29 is 18.8 Å². The lowest BCUT2D eigenvalue weighted by Gasteiger charge is -2.10. The second-order valence-electron chi connectivity index (χ2n) is 4.25. The number of aromatic carboxylic acids is 1. The molecule has 0 aliphatic heterocycles. The summed E-state index contributed by atoms with van der Waals surface area (Å²) >= 11 is 5.94. The molecule has 4 nitrogen and oxygen atoms in total. The van der Waals surface area contributed by atoms with Crippen molar-refractivity contribution in [2.45, 2.75) is 10.6 Å². The van der Waals surface area contributed by atoms with Crippen LogP contribution in [0.1, 0.15) is 15.9 Å². The molecule has 0 saturated heterocycles. The van der Waals surface area contributed by atoms with E-state index >= 15 is 0 Å². The molecule has 0 aromatic heterocycles. The van der Waals surface area contributed by atoms with Gasteiger partial charge in [-0.15, -0.1) is 0 Å². The van der Waals surface area contributed by atoms with Crippen molar-refractivity contribution in [3.8, 4) is 5.75 Å². The Hall–Kier alpha value is -1.85. The van der Waals surface area contributed by atoms with Crippen LogP contribution in [0.15, 0.2) is 47.4 Å². The van der Waals surface area contributed by atoms with Crippen LogP contribution < -0.4 is 4.74 Å². The minimum atomic E-state index is -1.51. The summed E-state index contributed by atoms with van der Waals surface area (Å²) in [5, 5.41) is 9.65. The summed E-state index contributed by atoms with van der Waals surface area (Å²) in [6.45, 7) is 0. The molecule has 2 aromatic carbocycles. The number of carboxylic acids is 1. The second-order valence-corrected chi connectivity index (χ2v) is 6.10. The molecule has 0 aliphatic carbocycles. The third-order valence-electron chi connectivity index (χ3n) is 2.89. The summed E-state index contributed by atoms with van der Waals surface area (Å²) < 4.78 is 17.7. The molecule has 0 radical (unpaired) electrons. The van der Waals surface area contributed by atoms with Crippen molar-refractivity contribution in [3.63, 3.8) is 0 Å². The van der Waals surface area contributed by atoms with Crippen LogP contribution in [0.4, 0.5) is 0 Å². The lowest BCUT2D eigenvalue weighted by molar-refractivity contribution is 0.0693. The number of methoxy groups -OCH3 is 1. The van der Waals surface area contributed by atoms with Gasteiger partial charge in [0, 0.05) is 10.6 Å². The highest BCUT2D eigenvalue weighted by Gasteiger charge is 2.16. The van der Waals surface area contributed by atoms with Crippen LogP contribution in [-0.4, -0.2) is 22.4 Å². The molecule has 0 heterocycles. The Kier molecular flexibility index (Phi) is 4.98. The van der Waals surface area contributed by atoms with Gasteiger partial charge in [0.2, 0.25) is 0 Å². The number of carboxylic acid groups (broad SMARTS) is 1. The smallest absolute Gasteiger partial charge is 0.336 e. The van der Waals surface area contributed by atoms with Crippen LogP contribution in [0.5, 0.6) is 5.75 Å². The quantitative estimate of drug-likeness (QED) is 0.916. The van der Waals surface area contributed by atoms with Gasteiger partial charge >= 0.3 is 5.97 Å². The molecule has 1 unspecified atom stereocenters. The van der Waals surface area contributed by atoms with Crippen molar-refractivity contribution in [1.82, 2.24) is 0 Å². The fraction of sp³-hybridized carbons (Fsp3) is 0.133. The number of hydrogen-bond donors (Lipinski definition) is 1. The van der Waals surface area contributed by atoms with E-state index in [-0.39, 0.29) is 16.2 Å². The fourth-order valence-electron chi connectivity index (χ4n) is 1.92. The van der Waals surface area contributed by atoms with E-state index in [1.807, 2.05) is 0 Å². The monoisotopic (exact) mass is 324 g/mol. The molecule has 0 saturated carbocycles. The molecule has 2 aromatic rings. The molecule has 110 valence electrons. The number of ether oxygens (including phenoxy) is 1. The topological polar surface area (TPSA) is 63.6 Å². The number of rotatable bonds is 5. The number of benzene rings is 2. The second kappa shape index (κ2) is 6.74. The maximum Gasteiger partial charge on any atom is 0.336 e. The van der Waals surface area contributed by atoms with Crippen LogP contribution in [0.25, 0.3) is 0 Å². The van der Waals surface area contributed by atoms with Gasteiger partial charge < -0.3 is 9.84 Å². The predicted molar refractivity (Wildman–Crippen MR) is 81.5 cm³/mol. The van der Waals surface area contributed by atoms with E-state index in [2.05, 4.69) is 0 Å². The molecule has 0 spiro atoms. The Morgan fingerprint density at radius 3 is 2.67 bits per heavy atom. The van der Waals surface area contributed by atoms with E-state index in [1.54, 1.807) is 36.4 Å². The minimum Gasteiger partial charge on any atom is -0.496 e. The molecule has 21 heavy (non-hydrogen) atoms. The van der Waals surface area contributed by atoms with Gasteiger partial charge in [0.25, 0.3) is 0 Å². The van der Waals surface area contributed by atoms with Crippen molar-refractivity contribution in [1.29, 1.82) is 0 Å². The van der Waals surface area contributed by atoms with Crippen LogP contribution in [-0.2, 0) is 16.6 Å². The van der Waals surface area contributed by atoms with E-state index in [0.717, 1.165) is 0 Å². The molecule has 1 atom stereocenters. The largest absolute Gasteiger partial charge is 0.496 e. The standard InChI is InChI=1S/C15H13ClO4S/c1-20-13-7-6-11(16)8-10(13)9-21(19)14-5-3-2-4-12(14)15(17)18/h2-8H,9H2,1H3,(H,17,18). The van der Waals surface area contributed by atoms with Crippen LogP contribution >= 0.6 is 11.6 Å². The van der Waals surface area contributed by atoms with Crippen LogP contribution in [0.3, 0.4) is 0 Å². The Bertz CT molecular complexity index is 700. The van der Waals surface area contributed by atoms with E-state index < -0.39 is 16.8 Å². The molecule has 0 amide bonds. The first kappa shape index (κ1) is 15.5. The third kappa shape index (κ3) is 3.62. The molecular weight excluding hydrogens is 312 g/mol. The highest BCUT2D eigenvalue weighted by atomic mass is 35.5. The summed E-state index contributed by atoms with van der Waals surface area (Å²) in [5.41, 5.74) is 0.709. The van der Waals surface area contributed by atoms with E-state index in [4.69, 9.17) is 21.4 Å². The molecule has 6 heteroatoms. The first-order chi connectivity index (χ1) is 10.0. The normalized spacial score (nSPS) is 11.9. The molecule has 0 bridgehead atoms. The van der Waals surface area contributed by atoms with E-state index in [9.17, 15) is 9.00 Å². The van der Waals surface area contributed by atoms with Crippen molar-refractivity contribution in [3.05, 3.63) is 58.6 Å². The van der Waals surface area contributed by atoms with Crippen LogP contribution in [0.2, 0.25) is 5.02 Å². The Labute approximate surface area is 129 Å². The fourth-order valence-corrected chi connectivity index (χ4v) is 3.41. The molecule has 0 fully saturated rings. The summed E-state index contributed by atoms with van der Waals surface area (Å²) in [5.74, 6) is -0.397. The first-order valence-electron chi connectivity index (χ1n) is 6.06. The van der Waals surface area contributed by atoms with Crippen molar-refractivity contribution in [2.75, 3.05) is 7.11 Å². The maximum atomic E-state index is 12.5. The zero-order chi connectivity index (χ0) is 15.4. The average Bonchev–Trinajstić information content (AvgIpc) is 2.47. The van der Waals surface area contributed by atoms with Crippen molar-refractivity contribution >= 4 is 28.4 Å². The maximum absolute atomic E-state index is 12.5. The molecule has 1 N–H and O–H groups in total. The highest BCUT2D eigenvalue weighted by Crippen LogP contribution is 2.26. The number of hydrogen-bond acceptors (Lipinski definition) is 3. The van der Waals surface area contributed by atoms with Gasteiger partial charge in [-0.25, -0.2) is 4.79 Å². The van der Waals surface area contributed by atoms with Crippen LogP contribution in [0, 0.1) is 0 Å². The lowest BCUT2D eigenvalue weighted by atomic mass is 10.2. The molecule has 0 aliphatic rings. The summed E-state index contributed by atoms with van der Waals surface area (Å²) in [4.78, 5) is 11.5. The lowest BCUT2D eigenvalue weighted by Crippen LogP contribution is -2.06. The van der Waals surface area contributed by atoms with Gasteiger partial charge in [-0.2, -0.15) is 0 Å². The Balaban J connectivity index is 2.35. The van der Waals surface area contributed by atoms with Crippen molar-refractivity contribution in [2.24, 2.45) is 0 Å². The van der Waals surface area contributed by atoms with Gasteiger partial charge in [-0.3, -0.25) is 4.21 Å². The molecular formula is C15H13ClO4S. The van der Waals surface area contributed by atoms with Gasteiger partial charge in [-0.1, -0.05) is 23.7 Å². The van der Waals surface area contributed by atoms with Gasteiger partial charge in [-0.05, 0) is 30.3 Å². The number of carbonyl (C=O) groups is 1. The summed E-state index contributed by atoms with van der Waals surface area (Å²) in [6, 6.07) is 11.3. The molecule has 2 rings (SSSR count). The van der Waals surface area contributed by atoms with Gasteiger partial charge in [0.15, 0.2) is 0 Å². The predicted octanol–water partition coefficient (Wildman–Crippen LogP) is 3.35. The first-order valence-corrected chi connectivity index (χ1v) is 7.75. The number of halogens is 1. The minimum absolute atomic E-state index is 0.0387.